The number of esters is 1. The van der Waals surface area contributed by atoms with Crippen molar-refractivity contribution in [1.29, 1.82) is 0 Å². The summed E-state index contributed by atoms with van der Waals surface area (Å²) in [6, 6.07) is 27.2. The smallest absolute Gasteiger partial charge is 0.337 e. The molecule has 0 bridgehead atoms. The fourth-order valence-electron chi connectivity index (χ4n) is 3.17. The first kappa shape index (κ1) is 21.7. The molecular formula is C25H27NO4. The number of aliphatic hydroxyl groups is 1. The highest BCUT2D eigenvalue weighted by Gasteiger charge is 2.16. The number of rotatable bonds is 10. The molecule has 0 aliphatic heterocycles. The fourth-order valence-corrected chi connectivity index (χ4v) is 3.17. The molecule has 2 N–H and O–H groups in total. The highest BCUT2D eigenvalue weighted by molar-refractivity contribution is 5.89. The van der Waals surface area contributed by atoms with Gasteiger partial charge in [-0.1, -0.05) is 72.8 Å². The molecule has 0 aliphatic carbocycles. The van der Waals surface area contributed by atoms with Crippen molar-refractivity contribution in [3.8, 4) is 0 Å². The van der Waals surface area contributed by atoms with Crippen LogP contribution in [-0.4, -0.2) is 37.4 Å². The molecule has 5 nitrogen and oxygen atoms in total. The Morgan fingerprint density at radius 2 is 1.47 bits per heavy atom. The summed E-state index contributed by atoms with van der Waals surface area (Å²) in [4.78, 5) is 11.5. The van der Waals surface area contributed by atoms with E-state index in [1.54, 1.807) is 12.1 Å². The summed E-state index contributed by atoms with van der Waals surface area (Å²) < 4.78 is 10.8. The van der Waals surface area contributed by atoms with E-state index in [1.165, 1.54) is 7.11 Å². The molecule has 0 aliphatic rings. The lowest BCUT2D eigenvalue weighted by Gasteiger charge is -2.21. The van der Waals surface area contributed by atoms with E-state index in [4.69, 9.17) is 9.47 Å². The maximum Gasteiger partial charge on any atom is 0.337 e. The number of aliphatic hydroxyl groups excluding tert-OH is 1. The van der Waals surface area contributed by atoms with Crippen LogP contribution in [0.15, 0.2) is 84.9 Å². The van der Waals surface area contributed by atoms with Gasteiger partial charge in [-0.15, -0.1) is 0 Å². The molecule has 3 aromatic carbocycles. The third kappa shape index (κ3) is 6.26. The van der Waals surface area contributed by atoms with Crippen LogP contribution in [-0.2, 0) is 16.0 Å². The van der Waals surface area contributed by atoms with Crippen LogP contribution >= 0.6 is 0 Å². The monoisotopic (exact) mass is 405 g/mol. The number of benzene rings is 3. The number of ether oxygens (including phenoxy) is 2. The number of carbonyl (C=O) groups is 1. The van der Waals surface area contributed by atoms with Gasteiger partial charge in [-0.25, -0.2) is 4.79 Å². The summed E-state index contributed by atoms with van der Waals surface area (Å²) in [6.45, 7) is 1.19. The summed E-state index contributed by atoms with van der Waals surface area (Å²) in [5, 5.41) is 13.6. The van der Waals surface area contributed by atoms with Crippen molar-refractivity contribution in [1.82, 2.24) is 5.32 Å². The van der Waals surface area contributed by atoms with E-state index in [1.807, 2.05) is 72.8 Å². The lowest BCUT2D eigenvalue weighted by atomic mass is 10.0. The normalized spacial score (nSPS) is 12.0. The summed E-state index contributed by atoms with van der Waals surface area (Å²) in [5.74, 6) is -0.353. The maximum atomic E-state index is 11.5. The van der Waals surface area contributed by atoms with Crippen molar-refractivity contribution in [2.24, 2.45) is 0 Å². The SMILES string of the molecule is COC(=O)c1ccc(CNCC(O)COC(c2ccccc2)c2ccccc2)cc1. The van der Waals surface area contributed by atoms with Crippen LogP contribution in [0.5, 0.6) is 0 Å². The average molecular weight is 405 g/mol. The minimum Gasteiger partial charge on any atom is -0.465 e. The molecule has 0 aromatic heterocycles. The van der Waals surface area contributed by atoms with Crippen molar-refractivity contribution in [2.45, 2.75) is 18.8 Å². The quantitative estimate of drug-likeness (QED) is 0.503. The Morgan fingerprint density at radius 3 is 2.00 bits per heavy atom. The predicted molar refractivity (Wildman–Crippen MR) is 116 cm³/mol. The largest absolute Gasteiger partial charge is 0.465 e. The molecule has 0 fully saturated rings. The second kappa shape index (κ2) is 11.3. The van der Waals surface area contributed by atoms with Gasteiger partial charge >= 0.3 is 5.97 Å². The highest BCUT2D eigenvalue weighted by atomic mass is 16.5. The zero-order valence-corrected chi connectivity index (χ0v) is 17.0. The van der Waals surface area contributed by atoms with E-state index in [0.717, 1.165) is 16.7 Å². The summed E-state index contributed by atoms with van der Waals surface area (Å²) in [5.41, 5.74) is 3.63. The van der Waals surface area contributed by atoms with E-state index in [-0.39, 0.29) is 18.7 Å². The second-order valence-corrected chi connectivity index (χ2v) is 7.01. The van der Waals surface area contributed by atoms with Crippen LogP contribution in [0.4, 0.5) is 0 Å². The van der Waals surface area contributed by atoms with Crippen molar-refractivity contribution in [3.63, 3.8) is 0 Å². The molecule has 0 heterocycles. The van der Waals surface area contributed by atoms with Gasteiger partial charge in [-0.05, 0) is 28.8 Å². The minimum absolute atomic E-state index is 0.211. The molecular weight excluding hydrogens is 378 g/mol. The molecule has 3 rings (SSSR count). The van der Waals surface area contributed by atoms with Crippen LogP contribution in [0.3, 0.4) is 0 Å². The van der Waals surface area contributed by atoms with Gasteiger partial charge < -0.3 is 19.9 Å². The number of methoxy groups -OCH3 is 1. The molecule has 5 heteroatoms. The van der Waals surface area contributed by atoms with Gasteiger partial charge in [0.1, 0.15) is 6.10 Å². The first-order chi connectivity index (χ1) is 14.7. The number of carbonyl (C=O) groups excluding carboxylic acids is 1. The molecule has 0 saturated carbocycles. The number of hydrogen-bond acceptors (Lipinski definition) is 5. The lowest BCUT2D eigenvalue weighted by molar-refractivity contribution is 0.00649. The Bertz CT molecular complexity index is 858. The van der Waals surface area contributed by atoms with Crippen LogP contribution in [0, 0.1) is 0 Å². The van der Waals surface area contributed by atoms with E-state index in [2.05, 4.69) is 5.32 Å². The van der Waals surface area contributed by atoms with Crippen molar-refractivity contribution in [3.05, 3.63) is 107 Å². The first-order valence-corrected chi connectivity index (χ1v) is 9.95. The molecule has 0 radical (unpaired) electrons. The first-order valence-electron chi connectivity index (χ1n) is 9.95. The molecule has 1 atom stereocenters. The van der Waals surface area contributed by atoms with Gasteiger partial charge in [0.15, 0.2) is 0 Å². The van der Waals surface area contributed by atoms with Crippen LogP contribution in [0.2, 0.25) is 0 Å². The van der Waals surface area contributed by atoms with Gasteiger partial charge in [0.25, 0.3) is 0 Å². The van der Waals surface area contributed by atoms with E-state index in [0.29, 0.717) is 18.7 Å². The van der Waals surface area contributed by atoms with E-state index >= 15 is 0 Å². The van der Waals surface area contributed by atoms with Gasteiger partial charge in [-0.3, -0.25) is 0 Å². The zero-order valence-electron chi connectivity index (χ0n) is 17.0. The van der Waals surface area contributed by atoms with Gasteiger partial charge in [0.2, 0.25) is 0 Å². The number of nitrogens with one attached hydrogen (secondary N) is 1. The zero-order chi connectivity index (χ0) is 21.2. The fraction of sp³-hybridized carbons (Fsp3) is 0.240. The maximum absolute atomic E-state index is 11.5. The third-order valence-corrected chi connectivity index (χ3v) is 4.74. The molecule has 0 amide bonds. The minimum atomic E-state index is -0.644. The van der Waals surface area contributed by atoms with E-state index < -0.39 is 6.10 Å². The summed E-state index contributed by atoms with van der Waals surface area (Å²) in [6.07, 6.45) is -0.873. The van der Waals surface area contributed by atoms with Crippen molar-refractivity contribution >= 4 is 5.97 Å². The Kier molecular flexibility index (Phi) is 8.15. The van der Waals surface area contributed by atoms with Gasteiger partial charge in [0.05, 0.1) is 25.4 Å². The van der Waals surface area contributed by atoms with Crippen molar-refractivity contribution < 1.29 is 19.4 Å². The highest BCUT2D eigenvalue weighted by Crippen LogP contribution is 2.25. The van der Waals surface area contributed by atoms with Crippen LogP contribution in [0.25, 0.3) is 0 Å². The third-order valence-electron chi connectivity index (χ3n) is 4.74. The standard InChI is InChI=1S/C25H27NO4/c1-29-25(28)22-14-12-19(13-15-22)16-26-17-23(27)18-30-24(20-8-4-2-5-9-20)21-10-6-3-7-11-21/h2-15,23-24,26-27H,16-18H2,1H3. The lowest BCUT2D eigenvalue weighted by Crippen LogP contribution is -2.30. The predicted octanol–water partition coefficient (Wildman–Crippen LogP) is 3.73. The topological polar surface area (TPSA) is 67.8 Å². The molecule has 3 aromatic rings. The number of hydrogen-bond donors (Lipinski definition) is 2. The van der Waals surface area contributed by atoms with E-state index in [9.17, 15) is 9.90 Å². The summed E-state index contributed by atoms with van der Waals surface area (Å²) in [7, 11) is 1.36. The van der Waals surface area contributed by atoms with Crippen LogP contribution < -0.4 is 5.32 Å². The molecule has 0 spiro atoms. The average Bonchev–Trinajstić information content (AvgIpc) is 2.80. The Hall–Kier alpha value is -2.99. The van der Waals surface area contributed by atoms with Crippen molar-refractivity contribution in [2.75, 3.05) is 20.3 Å². The molecule has 156 valence electrons. The van der Waals surface area contributed by atoms with Gasteiger partial charge in [-0.2, -0.15) is 0 Å². The molecule has 30 heavy (non-hydrogen) atoms. The Morgan fingerprint density at radius 1 is 0.900 bits per heavy atom. The second-order valence-electron chi connectivity index (χ2n) is 7.01. The molecule has 0 saturated heterocycles. The Labute approximate surface area is 177 Å². The Balaban J connectivity index is 1.50. The summed E-state index contributed by atoms with van der Waals surface area (Å²) >= 11 is 0. The van der Waals surface area contributed by atoms with Crippen LogP contribution in [0.1, 0.15) is 33.2 Å². The molecule has 1 unspecified atom stereocenters. The van der Waals surface area contributed by atoms with Gasteiger partial charge in [0, 0.05) is 13.1 Å².